The molecule has 1 aromatic carbocycles. The van der Waals surface area contributed by atoms with Crippen LogP contribution in [0.25, 0.3) is 0 Å². The molecule has 0 saturated carbocycles. The van der Waals surface area contributed by atoms with Crippen molar-refractivity contribution in [2.75, 3.05) is 39.5 Å². The fourth-order valence-electron chi connectivity index (χ4n) is 3.44. The summed E-state index contributed by atoms with van der Waals surface area (Å²) in [7, 11) is 0. The molecule has 0 bridgehead atoms. The van der Waals surface area contributed by atoms with Crippen molar-refractivity contribution < 1.29 is 23.0 Å². The van der Waals surface area contributed by atoms with E-state index in [0.717, 1.165) is 19.8 Å². The maximum Gasteiger partial charge on any atom is 0.387 e. The van der Waals surface area contributed by atoms with E-state index in [4.69, 9.17) is 14.2 Å². The summed E-state index contributed by atoms with van der Waals surface area (Å²) in [5.41, 5.74) is 0.535. The molecule has 1 aliphatic heterocycles. The lowest BCUT2D eigenvalue weighted by Gasteiger charge is -2.38. The summed E-state index contributed by atoms with van der Waals surface area (Å²) >= 11 is 0. The van der Waals surface area contributed by atoms with E-state index in [1.165, 1.54) is 0 Å². The molecule has 1 heterocycles. The molecule has 1 aromatic rings. The van der Waals surface area contributed by atoms with Gasteiger partial charge >= 0.3 is 6.61 Å². The molecule has 2 atom stereocenters. The SMILES string of the molecule is CCNC(=NCc1cccc(OCC)c1OC(F)F)NCC(C)N1CCOCC1C.I. The number of morpholine rings is 1. The fraction of sp³-hybridized carbons (Fsp3) is 0.667. The molecule has 0 amide bonds. The van der Waals surface area contributed by atoms with Crippen molar-refractivity contribution in [3.63, 3.8) is 0 Å². The zero-order valence-electron chi connectivity index (χ0n) is 18.7. The molecule has 1 fully saturated rings. The molecule has 1 saturated heterocycles. The summed E-state index contributed by atoms with van der Waals surface area (Å²) in [4.78, 5) is 6.96. The summed E-state index contributed by atoms with van der Waals surface area (Å²) in [6, 6.07) is 5.74. The fourth-order valence-corrected chi connectivity index (χ4v) is 3.44. The third-order valence-corrected chi connectivity index (χ3v) is 4.87. The van der Waals surface area contributed by atoms with Crippen molar-refractivity contribution in [1.82, 2.24) is 15.5 Å². The van der Waals surface area contributed by atoms with Crippen molar-refractivity contribution in [1.29, 1.82) is 0 Å². The van der Waals surface area contributed by atoms with E-state index in [-0.39, 0.29) is 36.3 Å². The minimum atomic E-state index is -2.93. The maximum absolute atomic E-state index is 12.9. The molecule has 178 valence electrons. The largest absolute Gasteiger partial charge is 0.490 e. The highest BCUT2D eigenvalue weighted by molar-refractivity contribution is 14.0. The predicted molar refractivity (Wildman–Crippen MR) is 129 cm³/mol. The monoisotopic (exact) mass is 556 g/mol. The lowest BCUT2D eigenvalue weighted by Crippen LogP contribution is -2.53. The van der Waals surface area contributed by atoms with Gasteiger partial charge in [0.25, 0.3) is 0 Å². The predicted octanol–water partition coefficient (Wildman–Crippen LogP) is 3.47. The van der Waals surface area contributed by atoms with E-state index in [1.54, 1.807) is 25.1 Å². The molecule has 1 aliphatic rings. The topological polar surface area (TPSA) is 67.4 Å². The van der Waals surface area contributed by atoms with Gasteiger partial charge in [0.2, 0.25) is 0 Å². The van der Waals surface area contributed by atoms with Crippen LogP contribution in [0.15, 0.2) is 23.2 Å². The maximum atomic E-state index is 12.9. The van der Waals surface area contributed by atoms with Gasteiger partial charge in [-0.05, 0) is 33.8 Å². The highest BCUT2D eigenvalue weighted by atomic mass is 127. The second kappa shape index (κ2) is 14.6. The normalized spacial score (nSPS) is 18.3. The van der Waals surface area contributed by atoms with E-state index in [1.807, 2.05) is 6.92 Å². The summed E-state index contributed by atoms with van der Waals surface area (Å²) in [5.74, 6) is 0.943. The number of para-hydroxylation sites is 1. The molecule has 2 unspecified atom stereocenters. The van der Waals surface area contributed by atoms with Crippen LogP contribution in [0.5, 0.6) is 11.5 Å². The number of alkyl halides is 2. The summed E-state index contributed by atoms with van der Waals surface area (Å²) in [5, 5.41) is 6.54. The Labute approximate surface area is 200 Å². The Morgan fingerprint density at radius 1 is 1.32 bits per heavy atom. The molecule has 2 rings (SSSR count). The van der Waals surface area contributed by atoms with E-state index in [9.17, 15) is 8.78 Å². The molecule has 31 heavy (non-hydrogen) atoms. The quantitative estimate of drug-likeness (QED) is 0.262. The number of aliphatic imine (C=N–C) groups is 1. The van der Waals surface area contributed by atoms with Crippen LogP contribution in [-0.4, -0.2) is 69.0 Å². The number of nitrogens with one attached hydrogen (secondary N) is 2. The number of hydrogen-bond donors (Lipinski definition) is 2. The first-order valence-electron chi connectivity index (χ1n) is 10.5. The Hall–Kier alpha value is -1.40. The third-order valence-electron chi connectivity index (χ3n) is 4.87. The van der Waals surface area contributed by atoms with Crippen molar-refractivity contribution >= 4 is 29.9 Å². The summed E-state index contributed by atoms with van der Waals surface area (Å²) in [6.07, 6.45) is 0. The first-order chi connectivity index (χ1) is 14.5. The smallest absolute Gasteiger partial charge is 0.387 e. The summed E-state index contributed by atoms with van der Waals surface area (Å²) < 4.78 is 41.5. The van der Waals surface area contributed by atoms with Gasteiger partial charge in [0, 0.05) is 37.3 Å². The third kappa shape index (κ3) is 8.93. The zero-order valence-corrected chi connectivity index (χ0v) is 21.0. The Kier molecular flexibility index (Phi) is 13.0. The van der Waals surface area contributed by atoms with Gasteiger partial charge in [0.05, 0.1) is 26.4 Å². The van der Waals surface area contributed by atoms with Gasteiger partial charge in [-0.15, -0.1) is 24.0 Å². The molecule has 2 N–H and O–H groups in total. The standard InChI is InChI=1S/C21H34F2N4O3.HI/c1-5-24-21(25-12-15(3)27-10-11-28-14-16(27)4)26-13-17-8-7-9-18(29-6-2)19(17)30-20(22)23;/h7-9,15-16,20H,5-6,10-14H2,1-4H3,(H2,24,25,26);1H. The van der Waals surface area contributed by atoms with Gasteiger partial charge in [-0.2, -0.15) is 8.78 Å². The number of ether oxygens (including phenoxy) is 3. The van der Waals surface area contributed by atoms with Gasteiger partial charge in [0.15, 0.2) is 17.5 Å². The number of rotatable bonds is 10. The second-order valence-corrected chi connectivity index (χ2v) is 7.14. The Balaban J connectivity index is 0.00000480. The molecule has 0 aromatic heterocycles. The zero-order chi connectivity index (χ0) is 21.9. The van der Waals surface area contributed by atoms with Crippen LogP contribution in [0.2, 0.25) is 0 Å². The molecule has 0 spiro atoms. The molecule has 7 nitrogen and oxygen atoms in total. The Bertz CT molecular complexity index is 682. The average molecular weight is 556 g/mol. The minimum Gasteiger partial charge on any atom is -0.490 e. The van der Waals surface area contributed by atoms with Gasteiger partial charge in [-0.1, -0.05) is 12.1 Å². The molecule has 0 aliphatic carbocycles. The van der Waals surface area contributed by atoms with E-state index in [2.05, 4.69) is 34.4 Å². The number of halogens is 3. The van der Waals surface area contributed by atoms with Crippen LogP contribution in [0.4, 0.5) is 8.78 Å². The minimum absolute atomic E-state index is 0. The Morgan fingerprint density at radius 3 is 2.74 bits per heavy atom. The lowest BCUT2D eigenvalue weighted by atomic mass is 10.2. The highest BCUT2D eigenvalue weighted by Gasteiger charge is 2.23. The second-order valence-electron chi connectivity index (χ2n) is 7.14. The lowest BCUT2D eigenvalue weighted by molar-refractivity contribution is -0.0520. The van der Waals surface area contributed by atoms with Crippen molar-refractivity contribution in [2.24, 2.45) is 4.99 Å². The van der Waals surface area contributed by atoms with Gasteiger partial charge in [0.1, 0.15) is 0 Å². The number of benzene rings is 1. The molecular formula is C21H35F2IN4O3. The molecular weight excluding hydrogens is 521 g/mol. The van der Waals surface area contributed by atoms with Crippen LogP contribution >= 0.6 is 24.0 Å². The van der Waals surface area contributed by atoms with Crippen LogP contribution in [0.3, 0.4) is 0 Å². The Morgan fingerprint density at radius 2 is 2.10 bits per heavy atom. The van der Waals surface area contributed by atoms with Gasteiger partial charge in [-0.3, -0.25) is 4.90 Å². The highest BCUT2D eigenvalue weighted by Crippen LogP contribution is 2.33. The average Bonchev–Trinajstić information content (AvgIpc) is 2.72. The first-order valence-corrected chi connectivity index (χ1v) is 10.5. The first kappa shape index (κ1) is 27.6. The molecule has 10 heteroatoms. The molecule has 0 radical (unpaired) electrons. The summed E-state index contributed by atoms with van der Waals surface area (Å²) in [6.45, 7) is 9.47. The van der Waals surface area contributed by atoms with Crippen LogP contribution in [0.1, 0.15) is 33.3 Å². The van der Waals surface area contributed by atoms with E-state index < -0.39 is 6.61 Å². The van der Waals surface area contributed by atoms with E-state index in [0.29, 0.717) is 49.1 Å². The van der Waals surface area contributed by atoms with E-state index >= 15 is 0 Å². The van der Waals surface area contributed by atoms with Gasteiger partial charge < -0.3 is 24.8 Å². The number of nitrogens with zero attached hydrogens (tertiary/aromatic N) is 2. The van der Waals surface area contributed by atoms with Crippen LogP contribution in [-0.2, 0) is 11.3 Å². The number of guanidine groups is 1. The van der Waals surface area contributed by atoms with Crippen molar-refractivity contribution in [2.45, 2.75) is 52.9 Å². The van der Waals surface area contributed by atoms with Crippen molar-refractivity contribution in [3.05, 3.63) is 23.8 Å². The van der Waals surface area contributed by atoms with Gasteiger partial charge in [-0.25, -0.2) is 4.99 Å². The van der Waals surface area contributed by atoms with Crippen LogP contribution in [0, 0.1) is 0 Å². The number of hydrogen-bond acceptors (Lipinski definition) is 5. The van der Waals surface area contributed by atoms with Crippen molar-refractivity contribution in [3.8, 4) is 11.5 Å². The van der Waals surface area contributed by atoms with Crippen LogP contribution < -0.4 is 20.1 Å².